The molecule has 1 aliphatic heterocycles. The van der Waals surface area contributed by atoms with Crippen LogP contribution in [-0.4, -0.2) is 24.1 Å². The maximum atomic E-state index is 14.6. The van der Waals surface area contributed by atoms with E-state index >= 15 is 0 Å². The molecule has 1 unspecified atom stereocenters. The lowest BCUT2D eigenvalue weighted by molar-refractivity contribution is 0.0998. The number of fused-ring (bicyclic) bond motifs is 1. The van der Waals surface area contributed by atoms with Crippen LogP contribution in [0.4, 0.5) is 17.6 Å². The highest BCUT2D eigenvalue weighted by Crippen LogP contribution is 2.39. The van der Waals surface area contributed by atoms with Crippen LogP contribution in [0.2, 0.25) is 0 Å². The molecule has 0 spiro atoms. The van der Waals surface area contributed by atoms with Crippen molar-refractivity contribution in [3.8, 4) is 11.1 Å². The largest absolute Gasteiger partial charge is 0.381 e. The van der Waals surface area contributed by atoms with Gasteiger partial charge >= 0.3 is 0 Å². The van der Waals surface area contributed by atoms with Crippen LogP contribution in [0.5, 0.6) is 0 Å². The SMILES string of the molecule is NC(=O)c1cnc2c(-c3cc(F)cc(F)c3F)c(F)ccc2c1C1CCOC1. The highest BCUT2D eigenvalue weighted by atomic mass is 19.2. The highest BCUT2D eigenvalue weighted by molar-refractivity contribution is 6.03. The van der Waals surface area contributed by atoms with Gasteiger partial charge in [0.25, 0.3) is 5.91 Å². The number of amides is 1. The van der Waals surface area contributed by atoms with E-state index in [-0.39, 0.29) is 22.6 Å². The molecule has 1 atom stereocenters. The van der Waals surface area contributed by atoms with E-state index in [0.29, 0.717) is 42.7 Å². The fourth-order valence-electron chi connectivity index (χ4n) is 3.65. The monoisotopic (exact) mass is 390 g/mol. The fourth-order valence-corrected chi connectivity index (χ4v) is 3.65. The Morgan fingerprint density at radius 2 is 1.93 bits per heavy atom. The number of hydrogen-bond acceptors (Lipinski definition) is 3. The van der Waals surface area contributed by atoms with Gasteiger partial charge in [-0.25, -0.2) is 17.6 Å². The molecule has 0 aliphatic carbocycles. The number of ether oxygens (including phenoxy) is 1. The molecule has 1 amide bonds. The quantitative estimate of drug-likeness (QED) is 0.542. The summed E-state index contributed by atoms with van der Waals surface area (Å²) in [6.45, 7) is 0.805. The molecule has 2 heterocycles. The molecule has 1 saturated heterocycles. The second kappa shape index (κ2) is 6.87. The minimum atomic E-state index is -1.44. The predicted octanol–water partition coefficient (Wildman–Crippen LogP) is 4.06. The van der Waals surface area contributed by atoms with Crippen LogP contribution in [0.25, 0.3) is 22.0 Å². The summed E-state index contributed by atoms with van der Waals surface area (Å²) in [6, 6.07) is 3.53. The minimum absolute atomic E-state index is 0.0178. The van der Waals surface area contributed by atoms with Crippen LogP contribution >= 0.6 is 0 Å². The van der Waals surface area contributed by atoms with Gasteiger partial charge in [-0.05, 0) is 30.2 Å². The van der Waals surface area contributed by atoms with E-state index in [1.54, 1.807) is 0 Å². The number of carbonyl (C=O) groups excluding carboxylic acids is 1. The zero-order valence-electron chi connectivity index (χ0n) is 14.4. The number of nitrogens with two attached hydrogens (primary N) is 1. The molecule has 2 aromatic carbocycles. The second-order valence-electron chi connectivity index (χ2n) is 6.58. The van der Waals surface area contributed by atoms with Gasteiger partial charge in [-0.3, -0.25) is 9.78 Å². The number of aromatic nitrogens is 1. The number of primary amides is 1. The lowest BCUT2D eigenvalue weighted by atomic mass is 9.88. The number of nitrogens with zero attached hydrogens (tertiary/aromatic N) is 1. The summed E-state index contributed by atoms with van der Waals surface area (Å²) in [6.07, 6.45) is 1.78. The van der Waals surface area contributed by atoms with Crippen LogP contribution in [0.15, 0.2) is 30.5 Å². The molecule has 2 N–H and O–H groups in total. The number of pyridine rings is 1. The first-order valence-electron chi connectivity index (χ1n) is 8.52. The molecule has 144 valence electrons. The van der Waals surface area contributed by atoms with E-state index in [1.807, 2.05) is 0 Å². The Kier molecular flexibility index (Phi) is 4.50. The van der Waals surface area contributed by atoms with Gasteiger partial charge in [0, 0.05) is 41.3 Å². The van der Waals surface area contributed by atoms with Gasteiger partial charge in [0.1, 0.15) is 11.6 Å². The van der Waals surface area contributed by atoms with E-state index < -0.39 is 34.7 Å². The molecule has 3 aromatic rings. The average Bonchev–Trinajstić information content (AvgIpc) is 3.18. The third-order valence-corrected chi connectivity index (χ3v) is 4.90. The summed E-state index contributed by atoms with van der Waals surface area (Å²) in [5.41, 5.74) is 5.12. The first kappa shape index (κ1) is 18.4. The van der Waals surface area contributed by atoms with Crippen molar-refractivity contribution in [2.45, 2.75) is 12.3 Å². The summed E-state index contributed by atoms with van der Waals surface area (Å²) in [5.74, 6) is -5.69. The standard InChI is InChI=1S/C20H14F4N2O2/c21-10-5-12(18(24)15(23)6-10)17-14(22)2-1-11-16(9-3-4-28-8-9)13(20(25)27)7-26-19(11)17/h1-2,5-7,9H,3-4,8H2,(H2,25,27). The third kappa shape index (κ3) is 2.90. The molecule has 1 aliphatic rings. The maximum absolute atomic E-state index is 14.6. The van der Waals surface area contributed by atoms with Gasteiger partial charge in [-0.2, -0.15) is 0 Å². The Morgan fingerprint density at radius 3 is 2.61 bits per heavy atom. The highest BCUT2D eigenvalue weighted by Gasteiger charge is 2.27. The average molecular weight is 390 g/mol. The molecule has 28 heavy (non-hydrogen) atoms. The molecule has 8 heteroatoms. The van der Waals surface area contributed by atoms with E-state index in [9.17, 15) is 22.4 Å². The van der Waals surface area contributed by atoms with Crippen molar-refractivity contribution in [2.75, 3.05) is 13.2 Å². The van der Waals surface area contributed by atoms with Crippen molar-refractivity contribution >= 4 is 16.8 Å². The molecule has 0 saturated carbocycles. The van der Waals surface area contributed by atoms with Gasteiger partial charge in [0.2, 0.25) is 0 Å². The van der Waals surface area contributed by atoms with Gasteiger partial charge in [-0.15, -0.1) is 0 Å². The smallest absolute Gasteiger partial charge is 0.250 e. The summed E-state index contributed by atoms with van der Waals surface area (Å²) < 4.78 is 61.8. The molecular formula is C20H14F4N2O2. The molecule has 4 nitrogen and oxygen atoms in total. The molecular weight excluding hydrogens is 376 g/mol. The molecule has 0 radical (unpaired) electrons. The Morgan fingerprint density at radius 1 is 1.14 bits per heavy atom. The van der Waals surface area contributed by atoms with Crippen molar-refractivity contribution in [1.29, 1.82) is 0 Å². The van der Waals surface area contributed by atoms with Crippen LogP contribution in [0.3, 0.4) is 0 Å². The normalized spacial score (nSPS) is 16.6. The van der Waals surface area contributed by atoms with Crippen molar-refractivity contribution in [1.82, 2.24) is 4.98 Å². The number of rotatable bonds is 3. The lowest BCUT2D eigenvalue weighted by Crippen LogP contribution is -2.17. The second-order valence-corrected chi connectivity index (χ2v) is 6.58. The number of hydrogen-bond donors (Lipinski definition) is 1. The van der Waals surface area contributed by atoms with E-state index in [2.05, 4.69) is 4.98 Å². The topological polar surface area (TPSA) is 65.2 Å². The number of carbonyl (C=O) groups is 1. The van der Waals surface area contributed by atoms with E-state index in [0.717, 1.165) is 6.07 Å². The molecule has 0 bridgehead atoms. The number of halogens is 4. The molecule has 4 rings (SSSR count). The van der Waals surface area contributed by atoms with E-state index in [1.165, 1.54) is 12.3 Å². The van der Waals surface area contributed by atoms with Gasteiger partial charge in [-0.1, -0.05) is 0 Å². The van der Waals surface area contributed by atoms with Crippen LogP contribution < -0.4 is 5.73 Å². The Balaban J connectivity index is 2.08. The lowest BCUT2D eigenvalue weighted by Gasteiger charge is -2.17. The van der Waals surface area contributed by atoms with Crippen LogP contribution in [-0.2, 0) is 4.74 Å². The predicted molar refractivity (Wildman–Crippen MR) is 93.7 cm³/mol. The first-order valence-corrected chi connectivity index (χ1v) is 8.52. The summed E-state index contributed by atoms with van der Waals surface area (Å²) in [4.78, 5) is 16.0. The van der Waals surface area contributed by atoms with Crippen molar-refractivity contribution in [3.05, 3.63) is 64.9 Å². The summed E-state index contributed by atoms with van der Waals surface area (Å²) >= 11 is 0. The zero-order chi connectivity index (χ0) is 20.0. The van der Waals surface area contributed by atoms with Gasteiger partial charge in [0.15, 0.2) is 11.6 Å². The zero-order valence-corrected chi connectivity index (χ0v) is 14.4. The van der Waals surface area contributed by atoms with E-state index in [4.69, 9.17) is 10.5 Å². The minimum Gasteiger partial charge on any atom is -0.381 e. The van der Waals surface area contributed by atoms with Gasteiger partial charge < -0.3 is 10.5 Å². The molecule has 1 aromatic heterocycles. The summed E-state index contributed by atoms with van der Waals surface area (Å²) in [5, 5.41) is 0.354. The summed E-state index contributed by atoms with van der Waals surface area (Å²) in [7, 11) is 0. The van der Waals surface area contributed by atoms with Crippen LogP contribution in [0, 0.1) is 23.3 Å². The fraction of sp³-hybridized carbons (Fsp3) is 0.200. The number of benzene rings is 2. The van der Waals surface area contributed by atoms with Crippen molar-refractivity contribution in [3.63, 3.8) is 0 Å². The molecule has 1 fully saturated rings. The third-order valence-electron chi connectivity index (χ3n) is 4.90. The Bertz CT molecular complexity index is 1110. The van der Waals surface area contributed by atoms with Gasteiger partial charge in [0.05, 0.1) is 17.7 Å². The Labute approximate surface area is 156 Å². The maximum Gasteiger partial charge on any atom is 0.250 e. The van der Waals surface area contributed by atoms with Crippen molar-refractivity contribution in [2.24, 2.45) is 5.73 Å². The Hall–Kier alpha value is -3.00. The first-order chi connectivity index (χ1) is 13.4. The van der Waals surface area contributed by atoms with Crippen LogP contribution in [0.1, 0.15) is 28.3 Å². The van der Waals surface area contributed by atoms with Crippen molar-refractivity contribution < 1.29 is 27.1 Å².